The van der Waals surface area contributed by atoms with Crippen molar-refractivity contribution in [3.8, 4) is 11.4 Å². The Morgan fingerprint density at radius 3 is 2.69 bits per heavy atom. The van der Waals surface area contributed by atoms with Crippen molar-refractivity contribution in [2.45, 2.75) is 43.5 Å². The highest BCUT2D eigenvalue weighted by Crippen LogP contribution is 2.29. The first kappa shape index (κ1) is 20.9. The van der Waals surface area contributed by atoms with Gasteiger partial charge in [0.2, 0.25) is 11.1 Å². The van der Waals surface area contributed by atoms with Gasteiger partial charge in [0.1, 0.15) is 5.82 Å². The minimum atomic E-state index is -0.452. The minimum absolute atomic E-state index is 0.152. The van der Waals surface area contributed by atoms with Crippen LogP contribution in [0.3, 0.4) is 0 Å². The molecule has 0 aliphatic rings. The van der Waals surface area contributed by atoms with Crippen LogP contribution in [0.2, 0.25) is 0 Å². The zero-order chi connectivity index (χ0) is 21.0. The predicted molar refractivity (Wildman–Crippen MR) is 115 cm³/mol. The molecule has 8 heteroatoms. The molecule has 6 nitrogen and oxygen atoms in total. The number of nitrogen functional groups attached to an aromatic ring is 1. The van der Waals surface area contributed by atoms with Gasteiger partial charge >= 0.3 is 0 Å². The lowest BCUT2D eigenvalue weighted by Gasteiger charge is -2.17. The van der Waals surface area contributed by atoms with Crippen molar-refractivity contribution in [3.05, 3.63) is 59.9 Å². The van der Waals surface area contributed by atoms with E-state index in [2.05, 4.69) is 29.4 Å². The number of benzene rings is 2. The summed E-state index contributed by atoms with van der Waals surface area (Å²) in [6.07, 6.45) is 0.982. The Bertz CT molecular complexity index is 1010. The van der Waals surface area contributed by atoms with Crippen molar-refractivity contribution in [2.75, 3.05) is 11.2 Å². The summed E-state index contributed by atoms with van der Waals surface area (Å²) < 4.78 is 14.7. The maximum absolute atomic E-state index is 13.5. The van der Waals surface area contributed by atoms with Crippen molar-refractivity contribution >= 4 is 23.4 Å². The Labute approximate surface area is 173 Å². The number of hydrogen-bond donors (Lipinski definition) is 2. The number of nitrogens with zero attached hydrogens (tertiary/aromatic N) is 3. The largest absolute Gasteiger partial charge is 0.335 e. The lowest BCUT2D eigenvalue weighted by molar-refractivity contribution is -0.115. The third kappa shape index (κ3) is 4.76. The molecular formula is C21H24FN5OS. The van der Waals surface area contributed by atoms with Gasteiger partial charge in [0, 0.05) is 11.3 Å². The summed E-state index contributed by atoms with van der Waals surface area (Å²) in [6, 6.07) is 13.8. The first-order valence-corrected chi connectivity index (χ1v) is 10.3. The van der Waals surface area contributed by atoms with E-state index in [-0.39, 0.29) is 11.7 Å². The summed E-state index contributed by atoms with van der Waals surface area (Å²) in [7, 11) is 0. The molecule has 0 bridgehead atoms. The van der Waals surface area contributed by atoms with E-state index < -0.39 is 5.25 Å². The molecule has 0 aliphatic heterocycles. The second-order valence-electron chi connectivity index (χ2n) is 6.83. The summed E-state index contributed by atoms with van der Waals surface area (Å²) in [5.41, 5.74) is 2.44. The highest BCUT2D eigenvalue weighted by atomic mass is 32.2. The van der Waals surface area contributed by atoms with Crippen LogP contribution >= 0.6 is 11.8 Å². The van der Waals surface area contributed by atoms with Gasteiger partial charge in [-0.25, -0.2) is 9.07 Å². The summed E-state index contributed by atoms with van der Waals surface area (Å²) in [5.74, 6) is 6.23. The van der Waals surface area contributed by atoms with Crippen molar-refractivity contribution in [1.82, 2.24) is 14.9 Å². The van der Waals surface area contributed by atoms with Crippen LogP contribution in [0.1, 0.15) is 38.7 Å². The first-order chi connectivity index (χ1) is 13.9. The third-order valence-electron chi connectivity index (χ3n) is 4.76. The molecule has 0 saturated heterocycles. The molecule has 0 fully saturated rings. The molecule has 1 aromatic heterocycles. The van der Waals surface area contributed by atoms with Crippen molar-refractivity contribution in [1.29, 1.82) is 0 Å². The molecule has 152 valence electrons. The fourth-order valence-electron chi connectivity index (χ4n) is 2.89. The third-order valence-corrected chi connectivity index (χ3v) is 5.82. The minimum Gasteiger partial charge on any atom is -0.335 e. The fourth-order valence-corrected chi connectivity index (χ4v) is 3.66. The topological polar surface area (TPSA) is 85.8 Å². The van der Waals surface area contributed by atoms with Gasteiger partial charge in [0.15, 0.2) is 5.82 Å². The van der Waals surface area contributed by atoms with Gasteiger partial charge in [-0.15, -0.1) is 10.2 Å². The number of anilines is 1. The van der Waals surface area contributed by atoms with E-state index in [1.54, 1.807) is 19.1 Å². The van der Waals surface area contributed by atoms with Crippen LogP contribution in [0, 0.1) is 5.82 Å². The first-order valence-electron chi connectivity index (χ1n) is 9.43. The molecule has 1 heterocycles. The molecule has 2 atom stereocenters. The molecular weight excluding hydrogens is 389 g/mol. The summed E-state index contributed by atoms with van der Waals surface area (Å²) in [6.45, 7) is 6.03. The SMILES string of the molecule is CC[C@@H](C)c1ccccc1NC(=O)[C@H](C)Sc1nnc(-c2cccc(F)c2)n1N. The molecule has 29 heavy (non-hydrogen) atoms. The number of nitrogens with two attached hydrogens (primary N) is 1. The number of carbonyl (C=O) groups is 1. The number of rotatable bonds is 7. The standard InChI is InChI=1S/C21H24FN5OS/c1-4-13(2)17-10-5-6-11-18(17)24-20(28)14(3)29-21-26-25-19(27(21)23)15-8-7-9-16(22)12-15/h5-14H,4,23H2,1-3H3,(H,24,28)/t13-,14+/m1/s1. The number of carbonyl (C=O) groups excluding carboxylic acids is 1. The van der Waals surface area contributed by atoms with E-state index in [1.807, 2.05) is 24.3 Å². The maximum atomic E-state index is 13.5. The van der Waals surface area contributed by atoms with Gasteiger partial charge in [0.25, 0.3) is 0 Å². The normalized spacial score (nSPS) is 13.1. The van der Waals surface area contributed by atoms with Gasteiger partial charge in [-0.05, 0) is 43.0 Å². The van der Waals surface area contributed by atoms with E-state index in [0.29, 0.717) is 22.5 Å². The molecule has 2 aromatic carbocycles. The molecule has 0 saturated carbocycles. The summed E-state index contributed by atoms with van der Waals surface area (Å²) in [4.78, 5) is 12.7. The average molecular weight is 414 g/mol. The van der Waals surface area contributed by atoms with Gasteiger partial charge in [-0.2, -0.15) is 0 Å². The second-order valence-corrected chi connectivity index (χ2v) is 8.14. The Hall–Kier alpha value is -2.87. The fraction of sp³-hybridized carbons (Fsp3) is 0.286. The van der Waals surface area contributed by atoms with E-state index in [1.165, 1.54) is 28.6 Å². The van der Waals surface area contributed by atoms with Crippen LogP contribution in [0.4, 0.5) is 10.1 Å². The van der Waals surface area contributed by atoms with Crippen LogP contribution in [-0.2, 0) is 4.79 Å². The number of amides is 1. The van der Waals surface area contributed by atoms with Crippen molar-refractivity contribution < 1.29 is 9.18 Å². The van der Waals surface area contributed by atoms with Gasteiger partial charge in [-0.1, -0.05) is 55.9 Å². The number of aromatic nitrogens is 3. The second kappa shape index (κ2) is 9.09. The molecule has 0 radical (unpaired) electrons. The Balaban J connectivity index is 1.73. The number of para-hydroxylation sites is 1. The van der Waals surface area contributed by atoms with Crippen LogP contribution in [0.25, 0.3) is 11.4 Å². The van der Waals surface area contributed by atoms with Crippen LogP contribution in [-0.4, -0.2) is 26.0 Å². The lowest BCUT2D eigenvalue weighted by atomic mass is 9.97. The Kier molecular flexibility index (Phi) is 6.53. The van der Waals surface area contributed by atoms with E-state index in [0.717, 1.165) is 17.7 Å². The average Bonchev–Trinajstić information content (AvgIpc) is 3.08. The zero-order valence-electron chi connectivity index (χ0n) is 16.6. The molecule has 3 aromatic rings. The van der Waals surface area contributed by atoms with Crippen LogP contribution in [0.5, 0.6) is 0 Å². The van der Waals surface area contributed by atoms with Gasteiger partial charge < -0.3 is 11.2 Å². The van der Waals surface area contributed by atoms with Crippen molar-refractivity contribution in [2.24, 2.45) is 0 Å². The highest BCUT2D eigenvalue weighted by Gasteiger charge is 2.21. The monoisotopic (exact) mass is 413 g/mol. The van der Waals surface area contributed by atoms with Crippen LogP contribution < -0.4 is 11.2 Å². The molecule has 0 unspecified atom stereocenters. The zero-order valence-corrected chi connectivity index (χ0v) is 17.4. The number of halogens is 1. The maximum Gasteiger partial charge on any atom is 0.237 e. The number of hydrogen-bond acceptors (Lipinski definition) is 5. The smallest absolute Gasteiger partial charge is 0.237 e. The molecule has 3 rings (SSSR count). The van der Waals surface area contributed by atoms with Gasteiger partial charge in [0.05, 0.1) is 5.25 Å². The number of nitrogens with one attached hydrogen (secondary N) is 1. The van der Waals surface area contributed by atoms with Gasteiger partial charge in [-0.3, -0.25) is 4.79 Å². The summed E-state index contributed by atoms with van der Waals surface area (Å²) >= 11 is 1.20. The van der Waals surface area contributed by atoms with E-state index >= 15 is 0 Å². The van der Waals surface area contributed by atoms with Crippen molar-refractivity contribution in [3.63, 3.8) is 0 Å². The van der Waals surface area contributed by atoms with E-state index in [9.17, 15) is 9.18 Å². The molecule has 0 spiro atoms. The highest BCUT2D eigenvalue weighted by molar-refractivity contribution is 8.00. The summed E-state index contributed by atoms with van der Waals surface area (Å²) in [5, 5.41) is 11.0. The van der Waals surface area contributed by atoms with E-state index in [4.69, 9.17) is 5.84 Å². The molecule has 0 aliphatic carbocycles. The Morgan fingerprint density at radius 1 is 1.21 bits per heavy atom. The number of thioether (sulfide) groups is 1. The quantitative estimate of drug-likeness (QED) is 0.442. The lowest BCUT2D eigenvalue weighted by Crippen LogP contribution is -2.24. The van der Waals surface area contributed by atoms with Crippen LogP contribution in [0.15, 0.2) is 53.7 Å². The Morgan fingerprint density at radius 2 is 1.97 bits per heavy atom. The molecule has 1 amide bonds. The molecule has 3 N–H and O–H groups in total. The predicted octanol–water partition coefficient (Wildman–Crippen LogP) is 4.43.